The number of likely N-dealkylation sites (N-methyl/N-ethyl adjacent to an activating group) is 1. The first-order valence-electron chi connectivity index (χ1n) is 6.62. The minimum Gasteiger partial charge on any atom is -0.481 e. The molecule has 1 amide bonds. The molecule has 0 radical (unpaired) electrons. The molecule has 2 rings (SSSR count). The van der Waals surface area contributed by atoms with E-state index in [0.717, 1.165) is 12.0 Å². The quantitative estimate of drug-likeness (QED) is 0.920. The molecular formula is C14H19NO4S. The first-order chi connectivity index (χ1) is 9.45. The van der Waals surface area contributed by atoms with Crippen LogP contribution >= 0.6 is 11.3 Å². The first-order valence-corrected chi connectivity index (χ1v) is 7.44. The minimum absolute atomic E-state index is 0.125. The van der Waals surface area contributed by atoms with Gasteiger partial charge in [-0.1, -0.05) is 6.92 Å². The molecule has 20 heavy (non-hydrogen) atoms. The van der Waals surface area contributed by atoms with E-state index in [1.165, 1.54) is 21.1 Å². The monoisotopic (exact) mass is 297 g/mol. The molecule has 2 atom stereocenters. The van der Waals surface area contributed by atoms with Crippen LogP contribution in [0.3, 0.4) is 0 Å². The Balaban J connectivity index is 2.17. The van der Waals surface area contributed by atoms with Crippen LogP contribution in [0.1, 0.15) is 27.0 Å². The van der Waals surface area contributed by atoms with Crippen molar-refractivity contribution in [2.75, 3.05) is 20.3 Å². The van der Waals surface area contributed by atoms with Gasteiger partial charge in [0.25, 0.3) is 5.91 Å². The Morgan fingerprint density at radius 3 is 2.75 bits per heavy atom. The number of hydrogen-bond donors (Lipinski definition) is 1. The minimum atomic E-state index is -0.913. The highest BCUT2D eigenvalue weighted by Crippen LogP contribution is 2.26. The first kappa shape index (κ1) is 15.0. The Morgan fingerprint density at radius 2 is 2.20 bits per heavy atom. The van der Waals surface area contributed by atoms with E-state index in [0.29, 0.717) is 4.88 Å². The second kappa shape index (κ2) is 5.93. The Kier molecular flexibility index (Phi) is 4.45. The number of carboxylic acids is 1. The van der Waals surface area contributed by atoms with Crippen molar-refractivity contribution in [3.05, 3.63) is 21.4 Å². The Hall–Kier alpha value is -1.40. The molecular weight excluding hydrogens is 278 g/mol. The van der Waals surface area contributed by atoms with Crippen LogP contribution in [-0.2, 0) is 16.0 Å². The zero-order valence-electron chi connectivity index (χ0n) is 11.9. The zero-order valence-corrected chi connectivity index (χ0v) is 12.7. The van der Waals surface area contributed by atoms with Gasteiger partial charge in [-0.05, 0) is 25.0 Å². The Labute approximate surface area is 122 Å². The fraction of sp³-hybridized carbons (Fsp3) is 0.571. The smallest absolute Gasteiger partial charge is 0.311 e. The molecule has 1 aromatic heterocycles. The fourth-order valence-corrected chi connectivity index (χ4v) is 3.56. The molecule has 2 heterocycles. The largest absolute Gasteiger partial charge is 0.481 e. The van der Waals surface area contributed by atoms with Crippen molar-refractivity contribution < 1.29 is 19.4 Å². The van der Waals surface area contributed by atoms with Crippen LogP contribution in [0.15, 0.2) is 6.07 Å². The van der Waals surface area contributed by atoms with E-state index < -0.39 is 17.9 Å². The van der Waals surface area contributed by atoms with E-state index in [2.05, 4.69) is 6.92 Å². The summed E-state index contributed by atoms with van der Waals surface area (Å²) in [5, 5.41) is 9.16. The van der Waals surface area contributed by atoms with Gasteiger partial charge in [0.05, 0.1) is 24.1 Å². The second-order valence-corrected chi connectivity index (χ2v) is 6.17. The van der Waals surface area contributed by atoms with Gasteiger partial charge in [0, 0.05) is 11.9 Å². The third-order valence-corrected chi connectivity index (χ3v) is 5.11. The lowest BCUT2D eigenvalue weighted by Crippen LogP contribution is -2.43. The van der Waals surface area contributed by atoms with Crippen LogP contribution in [0.25, 0.3) is 0 Å². The highest BCUT2D eigenvalue weighted by Gasteiger charge is 2.38. The van der Waals surface area contributed by atoms with Gasteiger partial charge in [0.15, 0.2) is 0 Å². The van der Waals surface area contributed by atoms with E-state index in [1.807, 2.05) is 13.0 Å². The highest BCUT2D eigenvalue weighted by molar-refractivity contribution is 7.14. The van der Waals surface area contributed by atoms with Crippen molar-refractivity contribution in [1.82, 2.24) is 4.90 Å². The number of carbonyl (C=O) groups excluding carboxylic acids is 1. The van der Waals surface area contributed by atoms with Gasteiger partial charge in [-0.25, -0.2) is 0 Å². The summed E-state index contributed by atoms with van der Waals surface area (Å²) in [5.41, 5.74) is 1.12. The number of carbonyl (C=O) groups is 2. The van der Waals surface area contributed by atoms with Crippen LogP contribution in [0, 0.1) is 12.8 Å². The van der Waals surface area contributed by atoms with Crippen molar-refractivity contribution >= 4 is 23.2 Å². The molecule has 0 aromatic carbocycles. The summed E-state index contributed by atoms with van der Waals surface area (Å²) >= 11 is 1.48. The average molecular weight is 297 g/mol. The highest BCUT2D eigenvalue weighted by atomic mass is 32.1. The summed E-state index contributed by atoms with van der Waals surface area (Å²) in [6.45, 7) is 4.50. The lowest BCUT2D eigenvalue weighted by Gasteiger charge is -2.25. The van der Waals surface area contributed by atoms with E-state index in [4.69, 9.17) is 9.84 Å². The number of rotatable bonds is 4. The van der Waals surface area contributed by atoms with Crippen molar-refractivity contribution in [3.8, 4) is 0 Å². The zero-order chi connectivity index (χ0) is 14.9. The van der Waals surface area contributed by atoms with Crippen LogP contribution < -0.4 is 0 Å². The predicted octanol–water partition coefficient (Wildman–Crippen LogP) is 1.79. The predicted molar refractivity (Wildman–Crippen MR) is 76.3 cm³/mol. The molecule has 110 valence electrons. The van der Waals surface area contributed by atoms with Crippen LogP contribution in [-0.4, -0.2) is 48.2 Å². The van der Waals surface area contributed by atoms with Crippen molar-refractivity contribution in [3.63, 3.8) is 0 Å². The number of hydrogen-bond acceptors (Lipinski definition) is 4. The summed E-state index contributed by atoms with van der Waals surface area (Å²) in [4.78, 5) is 27.0. The van der Waals surface area contributed by atoms with Gasteiger partial charge in [-0.3, -0.25) is 9.59 Å². The molecule has 1 saturated heterocycles. The molecule has 6 heteroatoms. The lowest BCUT2D eigenvalue weighted by molar-refractivity contribution is -0.142. The number of nitrogens with zero attached hydrogens (tertiary/aromatic N) is 1. The van der Waals surface area contributed by atoms with E-state index >= 15 is 0 Å². The molecule has 0 saturated carbocycles. The van der Waals surface area contributed by atoms with E-state index in [1.54, 1.807) is 7.05 Å². The number of aryl methyl sites for hydroxylation is 2. The van der Waals surface area contributed by atoms with Crippen molar-refractivity contribution in [2.24, 2.45) is 5.92 Å². The molecule has 1 fully saturated rings. The molecule has 0 aliphatic carbocycles. The van der Waals surface area contributed by atoms with Crippen LogP contribution in [0.2, 0.25) is 0 Å². The molecule has 5 nitrogen and oxygen atoms in total. The van der Waals surface area contributed by atoms with Crippen molar-refractivity contribution in [1.29, 1.82) is 0 Å². The normalized spacial score (nSPS) is 21.9. The summed E-state index contributed by atoms with van der Waals surface area (Å²) in [6.07, 6.45) is 0.901. The average Bonchev–Trinajstić information content (AvgIpc) is 3.03. The van der Waals surface area contributed by atoms with Crippen molar-refractivity contribution in [2.45, 2.75) is 26.3 Å². The maximum absolute atomic E-state index is 12.5. The SMILES string of the molecule is CCc1sc(C(=O)N(C)C2COCC2C(=O)O)cc1C. The van der Waals surface area contributed by atoms with Gasteiger partial charge in [0.1, 0.15) is 5.92 Å². The summed E-state index contributed by atoms with van der Waals surface area (Å²) in [5.74, 6) is -1.68. The Morgan fingerprint density at radius 1 is 1.50 bits per heavy atom. The van der Waals surface area contributed by atoms with Gasteiger partial charge in [-0.15, -0.1) is 11.3 Å². The third-order valence-electron chi connectivity index (χ3n) is 3.74. The van der Waals surface area contributed by atoms with E-state index in [-0.39, 0.29) is 19.1 Å². The Bertz CT molecular complexity index is 525. The molecule has 1 aliphatic rings. The molecule has 1 aromatic rings. The number of ether oxygens (including phenoxy) is 1. The fourth-order valence-electron chi connectivity index (χ4n) is 2.46. The summed E-state index contributed by atoms with van der Waals surface area (Å²) in [7, 11) is 1.65. The topological polar surface area (TPSA) is 66.8 Å². The molecule has 2 unspecified atom stereocenters. The summed E-state index contributed by atoms with van der Waals surface area (Å²) in [6, 6.07) is 1.49. The second-order valence-electron chi connectivity index (χ2n) is 5.04. The van der Waals surface area contributed by atoms with Gasteiger partial charge < -0.3 is 14.7 Å². The maximum Gasteiger partial charge on any atom is 0.311 e. The van der Waals surface area contributed by atoms with Gasteiger partial charge in [0.2, 0.25) is 0 Å². The molecule has 0 spiro atoms. The number of amides is 1. The van der Waals surface area contributed by atoms with E-state index in [9.17, 15) is 9.59 Å². The van der Waals surface area contributed by atoms with Gasteiger partial charge in [-0.2, -0.15) is 0 Å². The number of carboxylic acid groups (broad SMARTS) is 1. The molecule has 1 N–H and O–H groups in total. The van der Waals surface area contributed by atoms with Gasteiger partial charge >= 0.3 is 5.97 Å². The number of aliphatic carboxylic acids is 1. The standard InChI is InChI=1S/C14H19NO4S/c1-4-11-8(2)5-12(20-11)13(16)15(3)10-7-19-6-9(10)14(17)18/h5,9-10H,4,6-7H2,1-3H3,(H,17,18). The molecule has 0 bridgehead atoms. The maximum atomic E-state index is 12.5. The lowest BCUT2D eigenvalue weighted by atomic mass is 10.0. The van der Waals surface area contributed by atoms with Crippen LogP contribution in [0.5, 0.6) is 0 Å². The third kappa shape index (κ3) is 2.71. The summed E-state index contributed by atoms with van der Waals surface area (Å²) < 4.78 is 5.22. The molecule has 1 aliphatic heterocycles. The van der Waals surface area contributed by atoms with Crippen LogP contribution in [0.4, 0.5) is 0 Å². The number of thiophene rings is 1.